The average Bonchev–Trinajstić information content (AvgIpc) is 2.00. The van der Waals surface area contributed by atoms with Crippen LogP contribution < -0.4 is 5.14 Å². The summed E-state index contributed by atoms with van der Waals surface area (Å²) in [6.45, 7) is 0. The van der Waals surface area contributed by atoms with Crippen molar-refractivity contribution in [1.82, 2.24) is 0 Å². The zero-order chi connectivity index (χ0) is 11.8. The van der Waals surface area contributed by atoms with Crippen molar-refractivity contribution in [3.8, 4) is 0 Å². The van der Waals surface area contributed by atoms with Gasteiger partial charge in [-0.05, 0) is 12.1 Å². The molecule has 0 aliphatic carbocycles. The number of halogens is 2. The van der Waals surface area contributed by atoms with Gasteiger partial charge in [0.15, 0.2) is 0 Å². The molecule has 0 unspecified atom stereocenters. The van der Waals surface area contributed by atoms with Gasteiger partial charge in [-0.2, -0.15) is 0 Å². The van der Waals surface area contributed by atoms with Crippen molar-refractivity contribution in [3.63, 3.8) is 0 Å². The lowest BCUT2D eigenvalue weighted by molar-refractivity contribution is 0.0691. The third kappa shape index (κ3) is 2.44. The second-order valence-electron chi connectivity index (χ2n) is 2.61. The molecule has 3 N–H and O–H groups in total. The summed E-state index contributed by atoms with van der Waals surface area (Å²) in [4.78, 5) is 9.87. The van der Waals surface area contributed by atoms with Crippen molar-refractivity contribution in [1.29, 1.82) is 0 Å². The van der Waals surface area contributed by atoms with Crippen molar-refractivity contribution in [3.05, 3.63) is 28.5 Å². The van der Waals surface area contributed by atoms with Crippen LogP contribution in [0.4, 0.5) is 4.39 Å². The zero-order valence-corrected chi connectivity index (χ0v) is 8.64. The summed E-state index contributed by atoms with van der Waals surface area (Å²) in [7, 11) is -4.17. The Kier molecular flexibility index (Phi) is 2.98. The van der Waals surface area contributed by atoms with E-state index in [2.05, 4.69) is 0 Å². The van der Waals surface area contributed by atoms with Crippen LogP contribution in [-0.4, -0.2) is 19.5 Å². The van der Waals surface area contributed by atoms with E-state index in [-0.39, 0.29) is 0 Å². The highest BCUT2D eigenvalue weighted by molar-refractivity contribution is 7.89. The number of hydrogen-bond donors (Lipinski definition) is 2. The number of sulfonamides is 1. The van der Waals surface area contributed by atoms with Gasteiger partial charge in [-0.25, -0.2) is 22.7 Å². The summed E-state index contributed by atoms with van der Waals surface area (Å²) in [6.07, 6.45) is 0. The molecule has 1 aromatic rings. The molecule has 0 spiro atoms. The van der Waals surface area contributed by atoms with Gasteiger partial charge < -0.3 is 5.11 Å². The van der Waals surface area contributed by atoms with Gasteiger partial charge >= 0.3 is 5.97 Å². The zero-order valence-electron chi connectivity index (χ0n) is 7.07. The Labute approximate surface area is 89.3 Å². The van der Waals surface area contributed by atoms with Crippen LogP contribution >= 0.6 is 11.6 Å². The lowest BCUT2D eigenvalue weighted by Crippen LogP contribution is -2.14. The van der Waals surface area contributed by atoms with Crippen LogP contribution in [0, 0.1) is 5.82 Å². The van der Waals surface area contributed by atoms with E-state index in [9.17, 15) is 17.6 Å². The highest BCUT2D eigenvalue weighted by atomic mass is 35.5. The molecule has 0 atom stereocenters. The lowest BCUT2D eigenvalue weighted by Gasteiger charge is -2.04. The van der Waals surface area contributed by atoms with Crippen LogP contribution in [0.2, 0.25) is 5.02 Å². The van der Waals surface area contributed by atoms with Gasteiger partial charge in [-0.1, -0.05) is 11.6 Å². The van der Waals surface area contributed by atoms with Crippen LogP contribution in [0.3, 0.4) is 0 Å². The quantitative estimate of drug-likeness (QED) is 0.815. The highest BCUT2D eigenvalue weighted by Crippen LogP contribution is 2.23. The van der Waals surface area contributed by atoms with Crippen LogP contribution in [0.1, 0.15) is 10.4 Å². The Bertz CT molecular complexity index is 528. The van der Waals surface area contributed by atoms with E-state index in [1.807, 2.05) is 0 Å². The molecule has 0 aliphatic heterocycles. The predicted molar refractivity (Wildman–Crippen MR) is 49.7 cm³/mol. The number of carboxylic acids is 1. The summed E-state index contributed by atoms with van der Waals surface area (Å²) in [5.41, 5.74) is -0.802. The van der Waals surface area contributed by atoms with Gasteiger partial charge in [0.1, 0.15) is 10.7 Å². The minimum absolute atomic E-state index is 0.458. The summed E-state index contributed by atoms with van der Waals surface area (Å²) in [5, 5.41) is 12.8. The van der Waals surface area contributed by atoms with Gasteiger partial charge in [0, 0.05) is 0 Å². The third-order valence-corrected chi connectivity index (χ3v) is 2.93. The maximum atomic E-state index is 13.0. The third-order valence-electron chi connectivity index (χ3n) is 1.56. The van der Waals surface area contributed by atoms with E-state index in [4.69, 9.17) is 21.8 Å². The van der Waals surface area contributed by atoms with Crippen molar-refractivity contribution < 1.29 is 22.7 Å². The van der Waals surface area contributed by atoms with Crippen LogP contribution in [0.15, 0.2) is 17.0 Å². The Hall–Kier alpha value is -1.18. The second kappa shape index (κ2) is 3.76. The lowest BCUT2D eigenvalue weighted by atomic mass is 10.2. The van der Waals surface area contributed by atoms with Crippen LogP contribution in [0.25, 0.3) is 0 Å². The first-order valence-electron chi connectivity index (χ1n) is 3.48. The normalized spacial score (nSPS) is 11.4. The van der Waals surface area contributed by atoms with E-state index >= 15 is 0 Å². The average molecular weight is 254 g/mol. The van der Waals surface area contributed by atoms with Gasteiger partial charge in [0.05, 0.1) is 10.6 Å². The summed E-state index contributed by atoms with van der Waals surface area (Å²) in [6, 6.07) is 1.17. The van der Waals surface area contributed by atoms with E-state index in [0.717, 1.165) is 0 Å². The van der Waals surface area contributed by atoms with E-state index < -0.39 is 37.3 Å². The first-order chi connectivity index (χ1) is 6.73. The molecule has 1 aromatic carbocycles. The molecule has 0 fully saturated rings. The number of nitrogens with two attached hydrogens (primary N) is 1. The van der Waals surface area contributed by atoms with E-state index in [1.165, 1.54) is 0 Å². The summed E-state index contributed by atoms with van der Waals surface area (Å²) < 4.78 is 34.8. The minimum Gasteiger partial charge on any atom is -0.478 e. The van der Waals surface area contributed by atoms with Crippen LogP contribution in [0.5, 0.6) is 0 Å². The molecular weight excluding hydrogens is 249 g/mol. The molecule has 0 radical (unpaired) electrons. The molecule has 1 rings (SSSR count). The standard InChI is InChI=1S/C7H5ClFNO4S/c8-4-2-5(9)3(7(11)12)1-6(4)15(10,13)14/h1-2H,(H,11,12)(H2,10,13,14). The monoisotopic (exact) mass is 253 g/mol. The number of hydrogen-bond acceptors (Lipinski definition) is 3. The smallest absolute Gasteiger partial charge is 0.338 e. The largest absolute Gasteiger partial charge is 0.478 e. The fourth-order valence-corrected chi connectivity index (χ4v) is 2.00. The molecule has 5 nitrogen and oxygen atoms in total. The number of rotatable bonds is 2. The fraction of sp³-hybridized carbons (Fsp3) is 0. The molecule has 0 bridgehead atoms. The second-order valence-corrected chi connectivity index (χ2v) is 4.55. The van der Waals surface area contributed by atoms with E-state index in [1.54, 1.807) is 0 Å². The minimum atomic E-state index is -4.17. The number of carbonyl (C=O) groups is 1. The molecule has 82 valence electrons. The van der Waals surface area contributed by atoms with Crippen molar-refractivity contribution >= 4 is 27.6 Å². The molecule has 15 heavy (non-hydrogen) atoms. The van der Waals surface area contributed by atoms with Gasteiger partial charge in [0.25, 0.3) is 0 Å². The van der Waals surface area contributed by atoms with Crippen molar-refractivity contribution in [2.45, 2.75) is 4.90 Å². The van der Waals surface area contributed by atoms with E-state index in [0.29, 0.717) is 12.1 Å². The molecule has 0 amide bonds. The Morgan fingerprint density at radius 1 is 1.47 bits per heavy atom. The molecule has 0 heterocycles. The predicted octanol–water partition coefficient (Wildman–Crippen LogP) is 0.825. The Balaban J connectivity index is 3.58. The maximum absolute atomic E-state index is 13.0. The Morgan fingerprint density at radius 3 is 2.40 bits per heavy atom. The number of carboxylic acid groups (broad SMARTS) is 1. The molecule has 0 aromatic heterocycles. The number of primary sulfonamides is 1. The number of benzene rings is 1. The SMILES string of the molecule is NS(=O)(=O)c1cc(C(=O)O)c(F)cc1Cl. The fourth-order valence-electron chi connectivity index (χ4n) is 0.911. The first kappa shape index (κ1) is 11.9. The first-order valence-corrected chi connectivity index (χ1v) is 5.41. The summed E-state index contributed by atoms with van der Waals surface area (Å²) in [5.74, 6) is -2.73. The topological polar surface area (TPSA) is 97.5 Å². The van der Waals surface area contributed by atoms with Gasteiger partial charge in [-0.15, -0.1) is 0 Å². The van der Waals surface area contributed by atoms with Crippen LogP contribution in [-0.2, 0) is 10.0 Å². The number of aromatic carboxylic acids is 1. The van der Waals surface area contributed by atoms with Crippen molar-refractivity contribution in [2.24, 2.45) is 5.14 Å². The molecule has 0 saturated heterocycles. The maximum Gasteiger partial charge on any atom is 0.338 e. The van der Waals surface area contributed by atoms with Crippen molar-refractivity contribution in [2.75, 3.05) is 0 Å². The Morgan fingerprint density at radius 2 is 2.00 bits per heavy atom. The van der Waals surface area contributed by atoms with Gasteiger partial charge in [-0.3, -0.25) is 0 Å². The molecule has 0 aliphatic rings. The highest BCUT2D eigenvalue weighted by Gasteiger charge is 2.19. The molecule has 8 heteroatoms. The molecule has 0 saturated carbocycles. The van der Waals surface area contributed by atoms with Gasteiger partial charge in [0.2, 0.25) is 10.0 Å². The molecular formula is C7H5ClFNO4S. The summed E-state index contributed by atoms with van der Waals surface area (Å²) >= 11 is 5.40.